The zero-order valence-electron chi connectivity index (χ0n) is 11.4. The Morgan fingerprint density at radius 3 is 2.47 bits per heavy atom. The van der Waals surface area contributed by atoms with Crippen LogP contribution in [0.5, 0.6) is 0 Å². The topological polar surface area (TPSA) is 3.24 Å². The molecule has 0 unspecified atom stereocenters. The first-order chi connectivity index (χ1) is 9.24. The molecule has 0 saturated carbocycles. The summed E-state index contributed by atoms with van der Waals surface area (Å²) in [5.74, 6) is 0.901. The lowest BCUT2D eigenvalue weighted by atomic mass is 9.98. The van der Waals surface area contributed by atoms with Crippen molar-refractivity contribution in [3.8, 4) is 0 Å². The average molecular weight is 318 g/mol. The second-order valence-corrected chi connectivity index (χ2v) is 6.57. The van der Waals surface area contributed by atoms with E-state index in [4.69, 9.17) is 0 Å². The van der Waals surface area contributed by atoms with Crippen molar-refractivity contribution in [2.24, 2.45) is 5.92 Å². The summed E-state index contributed by atoms with van der Waals surface area (Å²) in [6, 6.07) is 13.1. The van der Waals surface area contributed by atoms with Crippen LogP contribution in [0.15, 0.2) is 40.9 Å². The van der Waals surface area contributed by atoms with Crippen LogP contribution in [0.2, 0.25) is 0 Å². The quantitative estimate of drug-likeness (QED) is 0.766. The molecule has 1 aliphatic heterocycles. The van der Waals surface area contributed by atoms with E-state index in [9.17, 15) is 0 Å². The molecule has 1 fully saturated rings. The number of hydrogen-bond donors (Lipinski definition) is 0. The van der Waals surface area contributed by atoms with Crippen LogP contribution >= 0.6 is 15.9 Å². The van der Waals surface area contributed by atoms with E-state index in [0.29, 0.717) is 0 Å². The van der Waals surface area contributed by atoms with Crippen molar-refractivity contribution < 1.29 is 0 Å². The van der Waals surface area contributed by atoms with Gasteiger partial charge in [-0.3, -0.25) is 4.90 Å². The third kappa shape index (κ3) is 2.85. The molecule has 1 nitrogen and oxygen atoms in total. The molecule has 0 aromatic heterocycles. The molecule has 0 amide bonds. The van der Waals surface area contributed by atoms with Gasteiger partial charge in [0.1, 0.15) is 0 Å². The van der Waals surface area contributed by atoms with E-state index in [1.165, 1.54) is 46.7 Å². The summed E-state index contributed by atoms with van der Waals surface area (Å²) in [5, 5.41) is 2.71. The van der Waals surface area contributed by atoms with Crippen molar-refractivity contribution in [3.63, 3.8) is 0 Å². The molecule has 0 bridgehead atoms. The van der Waals surface area contributed by atoms with Gasteiger partial charge in [-0.2, -0.15) is 0 Å². The van der Waals surface area contributed by atoms with Gasteiger partial charge in [0.05, 0.1) is 0 Å². The first-order valence-electron chi connectivity index (χ1n) is 7.12. The number of hydrogen-bond acceptors (Lipinski definition) is 1. The largest absolute Gasteiger partial charge is 0.299 e. The standard InChI is InChI=1S/C17H20BrN/c1-13-8-10-19(11-9-13)12-14-6-7-17(18)16-5-3-2-4-15(14)16/h2-7,13H,8-12H2,1H3. The molecule has 0 N–H and O–H groups in total. The van der Waals surface area contributed by atoms with Gasteiger partial charge in [-0.25, -0.2) is 0 Å². The fourth-order valence-corrected chi connectivity index (χ4v) is 3.40. The minimum absolute atomic E-state index is 0.901. The van der Waals surface area contributed by atoms with E-state index in [0.717, 1.165) is 12.5 Å². The summed E-state index contributed by atoms with van der Waals surface area (Å²) in [5.41, 5.74) is 1.45. The Hall–Kier alpha value is -0.860. The van der Waals surface area contributed by atoms with Gasteiger partial charge in [0.15, 0.2) is 0 Å². The maximum Gasteiger partial charge on any atom is 0.0253 e. The normalized spacial score (nSPS) is 18.0. The maximum atomic E-state index is 3.65. The Morgan fingerprint density at radius 1 is 1.05 bits per heavy atom. The van der Waals surface area contributed by atoms with Gasteiger partial charge in [-0.15, -0.1) is 0 Å². The number of halogens is 1. The maximum absolute atomic E-state index is 3.65. The summed E-state index contributed by atoms with van der Waals surface area (Å²) in [4.78, 5) is 2.59. The minimum atomic E-state index is 0.901. The molecule has 2 aromatic carbocycles. The zero-order valence-corrected chi connectivity index (χ0v) is 13.0. The van der Waals surface area contributed by atoms with Crippen LogP contribution < -0.4 is 0 Å². The molecule has 0 atom stereocenters. The van der Waals surface area contributed by atoms with Gasteiger partial charge in [0.2, 0.25) is 0 Å². The Morgan fingerprint density at radius 2 is 1.74 bits per heavy atom. The lowest BCUT2D eigenvalue weighted by Crippen LogP contribution is -2.32. The summed E-state index contributed by atoms with van der Waals surface area (Å²) >= 11 is 3.65. The van der Waals surface area contributed by atoms with Crippen molar-refractivity contribution in [2.75, 3.05) is 13.1 Å². The third-order valence-electron chi connectivity index (χ3n) is 4.23. The number of piperidine rings is 1. The molecule has 0 spiro atoms. The Kier molecular flexibility index (Phi) is 3.90. The molecule has 2 heteroatoms. The highest BCUT2D eigenvalue weighted by Crippen LogP contribution is 2.28. The van der Waals surface area contributed by atoms with E-state index < -0.39 is 0 Å². The molecule has 2 aromatic rings. The summed E-state index contributed by atoms with van der Waals surface area (Å²) in [7, 11) is 0. The molecule has 0 aliphatic carbocycles. The first kappa shape index (κ1) is 13.1. The first-order valence-corrected chi connectivity index (χ1v) is 7.92. The number of nitrogens with zero attached hydrogens (tertiary/aromatic N) is 1. The van der Waals surface area contributed by atoms with Gasteiger partial charge in [0, 0.05) is 11.0 Å². The number of rotatable bonds is 2. The lowest BCUT2D eigenvalue weighted by Gasteiger charge is -2.30. The molecule has 1 aliphatic rings. The van der Waals surface area contributed by atoms with E-state index in [1.807, 2.05) is 0 Å². The van der Waals surface area contributed by atoms with Gasteiger partial charge in [0.25, 0.3) is 0 Å². The summed E-state index contributed by atoms with van der Waals surface area (Å²) in [6.45, 7) is 5.93. The monoisotopic (exact) mass is 317 g/mol. The van der Waals surface area contributed by atoms with Crippen LogP contribution in [0.1, 0.15) is 25.3 Å². The van der Waals surface area contributed by atoms with Crippen LogP contribution in [0.4, 0.5) is 0 Å². The lowest BCUT2D eigenvalue weighted by molar-refractivity contribution is 0.186. The van der Waals surface area contributed by atoms with Crippen LogP contribution in [0, 0.1) is 5.92 Å². The molecule has 1 heterocycles. The average Bonchev–Trinajstić information content (AvgIpc) is 2.45. The fourth-order valence-electron chi connectivity index (χ4n) is 2.92. The molecular weight excluding hydrogens is 298 g/mol. The van der Waals surface area contributed by atoms with Gasteiger partial charge in [-0.05, 0) is 54.3 Å². The summed E-state index contributed by atoms with van der Waals surface area (Å²) < 4.78 is 1.19. The SMILES string of the molecule is CC1CCN(Cc2ccc(Br)c3ccccc23)CC1. The number of likely N-dealkylation sites (tertiary alicyclic amines) is 1. The van der Waals surface area contributed by atoms with Crippen LogP contribution in [-0.2, 0) is 6.54 Å². The Balaban J connectivity index is 1.87. The zero-order chi connectivity index (χ0) is 13.2. The Labute approximate surface area is 123 Å². The minimum Gasteiger partial charge on any atom is -0.299 e. The van der Waals surface area contributed by atoms with Crippen molar-refractivity contribution in [2.45, 2.75) is 26.3 Å². The Bertz CT molecular complexity index is 570. The number of fused-ring (bicyclic) bond motifs is 1. The van der Waals surface area contributed by atoms with Gasteiger partial charge < -0.3 is 0 Å². The molecule has 1 saturated heterocycles. The predicted molar refractivity (Wildman–Crippen MR) is 85.3 cm³/mol. The van der Waals surface area contributed by atoms with Gasteiger partial charge in [-0.1, -0.05) is 53.2 Å². The highest BCUT2D eigenvalue weighted by Gasteiger charge is 2.16. The highest BCUT2D eigenvalue weighted by molar-refractivity contribution is 9.10. The van der Waals surface area contributed by atoms with Crippen LogP contribution in [0.3, 0.4) is 0 Å². The van der Waals surface area contributed by atoms with E-state index >= 15 is 0 Å². The third-order valence-corrected chi connectivity index (χ3v) is 4.92. The van der Waals surface area contributed by atoms with Crippen LogP contribution in [-0.4, -0.2) is 18.0 Å². The van der Waals surface area contributed by atoms with E-state index in [-0.39, 0.29) is 0 Å². The van der Waals surface area contributed by atoms with Crippen LogP contribution in [0.25, 0.3) is 10.8 Å². The second-order valence-electron chi connectivity index (χ2n) is 5.71. The fraction of sp³-hybridized carbons (Fsp3) is 0.412. The number of benzene rings is 2. The molecule has 0 radical (unpaired) electrons. The summed E-state index contributed by atoms with van der Waals surface area (Å²) in [6.07, 6.45) is 2.68. The van der Waals surface area contributed by atoms with Crippen molar-refractivity contribution in [1.82, 2.24) is 4.90 Å². The molecule has 100 valence electrons. The second kappa shape index (κ2) is 5.64. The van der Waals surface area contributed by atoms with Crippen molar-refractivity contribution >= 4 is 26.7 Å². The van der Waals surface area contributed by atoms with E-state index in [1.54, 1.807) is 0 Å². The highest BCUT2D eigenvalue weighted by atomic mass is 79.9. The van der Waals surface area contributed by atoms with E-state index in [2.05, 4.69) is 64.2 Å². The van der Waals surface area contributed by atoms with Crippen molar-refractivity contribution in [1.29, 1.82) is 0 Å². The van der Waals surface area contributed by atoms with Gasteiger partial charge >= 0.3 is 0 Å². The smallest absolute Gasteiger partial charge is 0.0253 e. The molecule has 3 rings (SSSR count). The van der Waals surface area contributed by atoms with Crippen molar-refractivity contribution in [3.05, 3.63) is 46.4 Å². The predicted octanol–water partition coefficient (Wildman–Crippen LogP) is 4.83. The molecular formula is C17H20BrN. The molecule has 19 heavy (non-hydrogen) atoms.